The van der Waals surface area contributed by atoms with E-state index in [0.29, 0.717) is 5.69 Å². The highest BCUT2D eigenvalue weighted by Crippen LogP contribution is 2.34. The Morgan fingerprint density at radius 2 is 1.74 bits per heavy atom. The summed E-state index contributed by atoms with van der Waals surface area (Å²) in [6, 6.07) is 12.9. The fraction of sp³-hybridized carbons (Fsp3) is 0.222. The molecular weight excluding hydrogens is 295 g/mol. The first-order valence-corrected chi connectivity index (χ1v) is 7.62. The van der Waals surface area contributed by atoms with Crippen LogP contribution in [0.5, 0.6) is 0 Å². The molecule has 4 nitrogen and oxygen atoms in total. The molecule has 0 aromatic heterocycles. The Labute approximate surface area is 133 Å². The van der Waals surface area contributed by atoms with Gasteiger partial charge in [-0.15, -0.1) is 0 Å². The minimum absolute atomic E-state index is 0.157. The van der Waals surface area contributed by atoms with Crippen molar-refractivity contribution < 1.29 is 14.0 Å². The van der Waals surface area contributed by atoms with Gasteiger partial charge in [0.25, 0.3) is 5.91 Å². The monoisotopic (exact) mass is 310 g/mol. The summed E-state index contributed by atoms with van der Waals surface area (Å²) in [7, 11) is 0. The Balaban J connectivity index is 1.65. The standard InChI is InChI=1S/C18H15FN2O2/c19-13-5-7-14(8-6-13)21-17(22)11-16(18(21)23)20-10-9-12-3-1-2-4-15(12)20/h1-8,16H,9-11H2/t16-/m0/s1. The molecule has 0 N–H and O–H groups in total. The number of nitrogens with zero attached hydrogens (tertiary/aromatic N) is 2. The summed E-state index contributed by atoms with van der Waals surface area (Å²) in [6.07, 6.45) is 1.04. The number of amides is 2. The van der Waals surface area contributed by atoms with Crippen LogP contribution in [-0.2, 0) is 16.0 Å². The summed E-state index contributed by atoms with van der Waals surface area (Å²) in [6.45, 7) is 0.736. The van der Waals surface area contributed by atoms with Crippen LogP contribution in [0.15, 0.2) is 48.5 Å². The molecule has 2 amide bonds. The topological polar surface area (TPSA) is 40.6 Å². The Kier molecular flexibility index (Phi) is 3.15. The number of hydrogen-bond donors (Lipinski definition) is 0. The van der Waals surface area contributed by atoms with Gasteiger partial charge in [-0.3, -0.25) is 9.59 Å². The quantitative estimate of drug-likeness (QED) is 0.800. The summed E-state index contributed by atoms with van der Waals surface area (Å²) in [4.78, 5) is 28.3. The van der Waals surface area contributed by atoms with Crippen LogP contribution in [0.2, 0.25) is 0 Å². The molecule has 2 aliphatic heterocycles. The Bertz CT molecular complexity index is 788. The van der Waals surface area contributed by atoms with Gasteiger partial charge in [0, 0.05) is 12.2 Å². The van der Waals surface area contributed by atoms with Gasteiger partial charge in [0.05, 0.1) is 12.1 Å². The van der Waals surface area contributed by atoms with E-state index in [0.717, 1.165) is 18.7 Å². The molecule has 2 aromatic carbocycles. The van der Waals surface area contributed by atoms with E-state index in [9.17, 15) is 14.0 Å². The number of rotatable bonds is 2. The zero-order valence-corrected chi connectivity index (χ0v) is 12.4. The summed E-state index contributed by atoms with van der Waals surface area (Å²) in [5, 5.41) is 0. The fourth-order valence-electron chi connectivity index (χ4n) is 3.41. The van der Waals surface area contributed by atoms with E-state index in [-0.39, 0.29) is 18.2 Å². The lowest BCUT2D eigenvalue weighted by Crippen LogP contribution is -2.41. The maximum Gasteiger partial charge on any atom is 0.256 e. The van der Waals surface area contributed by atoms with Crippen molar-refractivity contribution in [2.24, 2.45) is 0 Å². The van der Waals surface area contributed by atoms with Crippen molar-refractivity contribution in [3.63, 3.8) is 0 Å². The van der Waals surface area contributed by atoms with Crippen molar-refractivity contribution in [2.75, 3.05) is 16.3 Å². The normalized spacial score (nSPS) is 20.3. The van der Waals surface area contributed by atoms with Crippen molar-refractivity contribution in [3.05, 3.63) is 59.9 Å². The predicted octanol–water partition coefficient (Wildman–Crippen LogP) is 2.52. The third-order valence-electron chi connectivity index (χ3n) is 4.51. The van der Waals surface area contributed by atoms with Gasteiger partial charge in [-0.05, 0) is 42.3 Å². The highest BCUT2D eigenvalue weighted by Gasteiger charge is 2.44. The molecule has 1 atom stereocenters. The maximum absolute atomic E-state index is 13.1. The zero-order valence-electron chi connectivity index (χ0n) is 12.4. The van der Waals surface area contributed by atoms with Crippen LogP contribution < -0.4 is 9.80 Å². The van der Waals surface area contributed by atoms with E-state index >= 15 is 0 Å². The third-order valence-corrected chi connectivity index (χ3v) is 4.51. The van der Waals surface area contributed by atoms with E-state index in [1.165, 1.54) is 34.7 Å². The van der Waals surface area contributed by atoms with E-state index in [2.05, 4.69) is 0 Å². The van der Waals surface area contributed by atoms with Gasteiger partial charge in [-0.2, -0.15) is 0 Å². The number of benzene rings is 2. The second-order valence-corrected chi connectivity index (χ2v) is 5.84. The minimum atomic E-state index is -0.476. The lowest BCUT2D eigenvalue weighted by Gasteiger charge is -2.25. The zero-order chi connectivity index (χ0) is 16.0. The van der Waals surface area contributed by atoms with Crippen LogP contribution in [0.3, 0.4) is 0 Å². The van der Waals surface area contributed by atoms with Gasteiger partial charge in [0.2, 0.25) is 5.91 Å². The molecule has 0 spiro atoms. The summed E-state index contributed by atoms with van der Waals surface area (Å²) in [5.41, 5.74) is 2.66. The first kappa shape index (κ1) is 13.9. The molecule has 2 aliphatic rings. The number of fused-ring (bicyclic) bond motifs is 1. The molecule has 23 heavy (non-hydrogen) atoms. The molecule has 0 radical (unpaired) electrons. The fourth-order valence-corrected chi connectivity index (χ4v) is 3.41. The Morgan fingerprint density at radius 1 is 1.00 bits per heavy atom. The van der Waals surface area contributed by atoms with Crippen molar-refractivity contribution in [1.82, 2.24) is 0 Å². The second-order valence-electron chi connectivity index (χ2n) is 5.84. The molecule has 2 aromatic rings. The Morgan fingerprint density at radius 3 is 2.52 bits per heavy atom. The van der Waals surface area contributed by atoms with Gasteiger partial charge in [-0.25, -0.2) is 9.29 Å². The molecule has 0 aliphatic carbocycles. The van der Waals surface area contributed by atoms with Crippen LogP contribution >= 0.6 is 0 Å². The molecule has 0 saturated carbocycles. The maximum atomic E-state index is 13.1. The number of anilines is 2. The second kappa shape index (κ2) is 5.19. The molecule has 116 valence electrons. The SMILES string of the molecule is O=C1C[C@H](N2CCc3ccccc32)C(=O)N1c1ccc(F)cc1. The number of halogens is 1. The number of hydrogen-bond acceptors (Lipinski definition) is 3. The third kappa shape index (κ3) is 2.20. The predicted molar refractivity (Wildman–Crippen MR) is 84.8 cm³/mol. The molecule has 1 saturated heterocycles. The first-order valence-electron chi connectivity index (χ1n) is 7.62. The van der Waals surface area contributed by atoms with Crippen LogP contribution in [0.4, 0.5) is 15.8 Å². The van der Waals surface area contributed by atoms with Crippen molar-refractivity contribution in [3.8, 4) is 0 Å². The average Bonchev–Trinajstić information content (AvgIpc) is 3.10. The van der Waals surface area contributed by atoms with Crippen molar-refractivity contribution in [1.29, 1.82) is 0 Å². The lowest BCUT2D eigenvalue weighted by molar-refractivity contribution is -0.121. The molecular formula is C18H15FN2O2. The van der Waals surface area contributed by atoms with Crippen molar-refractivity contribution >= 4 is 23.2 Å². The van der Waals surface area contributed by atoms with Crippen molar-refractivity contribution in [2.45, 2.75) is 18.9 Å². The van der Waals surface area contributed by atoms with E-state index in [1.807, 2.05) is 29.2 Å². The number of carbonyl (C=O) groups excluding carboxylic acids is 2. The average molecular weight is 310 g/mol. The van der Waals surface area contributed by atoms with Gasteiger partial charge < -0.3 is 4.90 Å². The van der Waals surface area contributed by atoms with E-state index < -0.39 is 11.9 Å². The first-order chi connectivity index (χ1) is 11.1. The molecule has 2 heterocycles. The highest BCUT2D eigenvalue weighted by atomic mass is 19.1. The van der Waals surface area contributed by atoms with Gasteiger partial charge in [-0.1, -0.05) is 18.2 Å². The van der Waals surface area contributed by atoms with E-state index in [4.69, 9.17) is 0 Å². The molecule has 5 heteroatoms. The molecule has 0 unspecified atom stereocenters. The van der Waals surface area contributed by atoms with Gasteiger partial charge in [0.1, 0.15) is 11.9 Å². The van der Waals surface area contributed by atoms with Gasteiger partial charge in [0.15, 0.2) is 0 Å². The number of carbonyl (C=O) groups is 2. The summed E-state index contributed by atoms with van der Waals surface area (Å²) in [5.74, 6) is -0.868. The molecule has 1 fully saturated rings. The Hall–Kier alpha value is -2.69. The lowest BCUT2D eigenvalue weighted by atomic mass is 10.1. The smallest absolute Gasteiger partial charge is 0.256 e. The van der Waals surface area contributed by atoms with Crippen LogP contribution in [0.1, 0.15) is 12.0 Å². The van der Waals surface area contributed by atoms with E-state index in [1.54, 1.807) is 0 Å². The number of imide groups is 1. The molecule has 4 rings (SSSR count). The summed E-state index contributed by atoms with van der Waals surface area (Å²) < 4.78 is 13.1. The highest BCUT2D eigenvalue weighted by molar-refractivity contribution is 6.23. The molecule has 0 bridgehead atoms. The number of para-hydroxylation sites is 1. The largest absolute Gasteiger partial charge is 0.359 e. The van der Waals surface area contributed by atoms with Gasteiger partial charge >= 0.3 is 0 Å². The summed E-state index contributed by atoms with van der Waals surface area (Å²) >= 11 is 0. The minimum Gasteiger partial charge on any atom is -0.359 e. The van der Waals surface area contributed by atoms with Crippen LogP contribution in [0, 0.1) is 5.82 Å². The van der Waals surface area contributed by atoms with Crippen LogP contribution in [-0.4, -0.2) is 24.4 Å². The van der Waals surface area contributed by atoms with Crippen LogP contribution in [0.25, 0.3) is 0 Å².